The lowest BCUT2D eigenvalue weighted by Gasteiger charge is -2.23. The van der Waals surface area contributed by atoms with Crippen LogP contribution in [0, 0.1) is 5.82 Å². The minimum atomic E-state index is -0.307. The number of ether oxygens (including phenoxy) is 2. The quantitative estimate of drug-likeness (QED) is 0.829. The summed E-state index contributed by atoms with van der Waals surface area (Å²) in [7, 11) is 1.47. The minimum Gasteiger partial charge on any atom is -0.492 e. The summed E-state index contributed by atoms with van der Waals surface area (Å²) in [6.45, 7) is 1.52. The molecule has 1 aromatic carbocycles. The van der Waals surface area contributed by atoms with Gasteiger partial charge in [0, 0.05) is 13.2 Å². The van der Waals surface area contributed by atoms with Crippen molar-refractivity contribution in [2.24, 2.45) is 0 Å². The van der Waals surface area contributed by atoms with E-state index in [1.807, 2.05) is 6.07 Å². The molecule has 1 aliphatic heterocycles. The second-order valence-electron chi connectivity index (χ2n) is 3.90. The molecule has 1 fully saturated rings. The SMILES string of the molecule is COc1c(F)cc(C2CCOCC2)cc1Br. The number of benzene rings is 1. The van der Waals surface area contributed by atoms with Crippen molar-refractivity contribution < 1.29 is 13.9 Å². The van der Waals surface area contributed by atoms with Crippen molar-refractivity contribution in [2.45, 2.75) is 18.8 Å². The molecule has 1 saturated heterocycles. The smallest absolute Gasteiger partial charge is 0.168 e. The van der Waals surface area contributed by atoms with E-state index in [1.54, 1.807) is 6.07 Å². The lowest BCUT2D eigenvalue weighted by Crippen LogP contribution is -2.14. The molecule has 16 heavy (non-hydrogen) atoms. The van der Waals surface area contributed by atoms with Crippen LogP contribution in [-0.4, -0.2) is 20.3 Å². The van der Waals surface area contributed by atoms with Crippen LogP contribution in [0.3, 0.4) is 0 Å². The molecule has 1 aliphatic rings. The first kappa shape index (κ1) is 11.9. The van der Waals surface area contributed by atoms with Gasteiger partial charge in [-0.3, -0.25) is 0 Å². The van der Waals surface area contributed by atoms with Gasteiger partial charge in [-0.25, -0.2) is 4.39 Å². The zero-order valence-electron chi connectivity index (χ0n) is 9.13. The molecule has 1 aromatic rings. The second-order valence-corrected chi connectivity index (χ2v) is 4.76. The zero-order valence-corrected chi connectivity index (χ0v) is 10.7. The third-order valence-corrected chi connectivity index (χ3v) is 3.51. The fourth-order valence-corrected chi connectivity index (χ4v) is 2.66. The Hall–Kier alpha value is -0.610. The molecule has 0 N–H and O–H groups in total. The van der Waals surface area contributed by atoms with E-state index in [4.69, 9.17) is 9.47 Å². The molecule has 0 radical (unpaired) electrons. The van der Waals surface area contributed by atoms with Crippen molar-refractivity contribution >= 4 is 15.9 Å². The molecule has 0 amide bonds. The molecule has 4 heteroatoms. The first-order valence-electron chi connectivity index (χ1n) is 5.33. The van der Waals surface area contributed by atoms with Gasteiger partial charge < -0.3 is 9.47 Å². The summed E-state index contributed by atoms with van der Waals surface area (Å²) in [5.41, 5.74) is 1.02. The van der Waals surface area contributed by atoms with Gasteiger partial charge in [0.25, 0.3) is 0 Å². The van der Waals surface area contributed by atoms with Gasteiger partial charge in [-0.2, -0.15) is 0 Å². The van der Waals surface area contributed by atoms with E-state index in [2.05, 4.69) is 15.9 Å². The van der Waals surface area contributed by atoms with Crippen molar-refractivity contribution in [1.29, 1.82) is 0 Å². The van der Waals surface area contributed by atoms with E-state index in [1.165, 1.54) is 7.11 Å². The van der Waals surface area contributed by atoms with Crippen molar-refractivity contribution in [2.75, 3.05) is 20.3 Å². The van der Waals surface area contributed by atoms with Crippen LogP contribution in [-0.2, 0) is 4.74 Å². The van der Waals surface area contributed by atoms with Gasteiger partial charge in [0.1, 0.15) is 0 Å². The highest BCUT2D eigenvalue weighted by Crippen LogP contribution is 2.35. The minimum absolute atomic E-state index is 0.274. The number of hydrogen-bond donors (Lipinski definition) is 0. The van der Waals surface area contributed by atoms with Gasteiger partial charge in [0.2, 0.25) is 0 Å². The van der Waals surface area contributed by atoms with Crippen LogP contribution in [0.1, 0.15) is 24.3 Å². The fourth-order valence-electron chi connectivity index (χ4n) is 2.04. The van der Waals surface area contributed by atoms with E-state index in [-0.39, 0.29) is 11.6 Å². The Morgan fingerprint density at radius 1 is 1.38 bits per heavy atom. The second kappa shape index (κ2) is 5.15. The maximum absolute atomic E-state index is 13.7. The summed E-state index contributed by atoms with van der Waals surface area (Å²) in [6, 6.07) is 3.51. The summed E-state index contributed by atoms with van der Waals surface area (Å²) in [5, 5.41) is 0. The van der Waals surface area contributed by atoms with E-state index < -0.39 is 0 Å². The van der Waals surface area contributed by atoms with Crippen LogP contribution in [0.2, 0.25) is 0 Å². The van der Waals surface area contributed by atoms with E-state index in [9.17, 15) is 4.39 Å². The largest absolute Gasteiger partial charge is 0.492 e. The highest BCUT2D eigenvalue weighted by atomic mass is 79.9. The average Bonchev–Trinajstić information content (AvgIpc) is 2.30. The van der Waals surface area contributed by atoms with Gasteiger partial charge in [-0.05, 0) is 52.4 Å². The van der Waals surface area contributed by atoms with Crippen LogP contribution in [0.4, 0.5) is 4.39 Å². The molecule has 88 valence electrons. The lowest BCUT2D eigenvalue weighted by atomic mass is 9.92. The fraction of sp³-hybridized carbons (Fsp3) is 0.500. The van der Waals surface area contributed by atoms with Gasteiger partial charge >= 0.3 is 0 Å². The predicted molar refractivity (Wildman–Crippen MR) is 63.4 cm³/mol. The molecule has 2 rings (SSSR count). The Morgan fingerprint density at radius 3 is 2.62 bits per heavy atom. The summed E-state index contributed by atoms with van der Waals surface area (Å²) < 4.78 is 24.6. The van der Waals surface area contributed by atoms with Crippen molar-refractivity contribution in [3.8, 4) is 5.75 Å². The molecular formula is C12H14BrFO2. The number of halogens is 2. The van der Waals surface area contributed by atoms with Crippen molar-refractivity contribution in [3.63, 3.8) is 0 Å². The normalized spacial score (nSPS) is 17.4. The molecule has 0 saturated carbocycles. The Morgan fingerprint density at radius 2 is 2.06 bits per heavy atom. The highest BCUT2D eigenvalue weighted by molar-refractivity contribution is 9.10. The summed E-state index contributed by atoms with van der Waals surface area (Å²) in [5.74, 6) is 0.361. The van der Waals surface area contributed by atoms with Crippen LogP contribution >= 0.6 is 15.9 Å². The standard InChI is InChI=1S/C12H14BrFO2/c1-15-12-10(13)6-9(7-11(12)14)8-2-4-16-5-3-8/h6-8H,2-5H2,1H3. The first-order valence-corrected chi connectivity index (χ1v) is 6.12. The predicted octanol–water partition coefficient (Wildman–Crippen LogP) is 3.49. The lowest BCUT2D eigenvalue weighted by molar-refractivity contribution is 0.0852. The summed E-state index contributed by atoms with van der Waals surface area (Å²) in [4.78, 5) is 0. The van der Waals surface area contributed by atoms with Crippen LogP contribution in [0.5, 0.6) is 5.75 Å². The molecule has 2 nitrogen and oxygen atoms in total. The molecule has 0 atom stereocenters. The Balaban J connectivity index is 2.28. The summed E-state index contributed by atoms with van der Waals surface area (Å²) in [6.07, 6.45) is 1.91. The van der Waals surface area contributed by atoms with Crippen LogP contribution < -0.4 is 4.74 Å². The monoisotopic (exact) mass is 288 g/mol. The first-order chi connectivity index (χ1) is 7.72. The highest BCUT2D eigenvalue weighted by Gasteiger charge is 2.19. The van der Waals surface area contributed by atoms with Gasteiger partial charge in [-0.1, -0.05) is 0 Å². The van der Waals surface area contributed by atoms with Crippen LogP contribution in [0.25, 0.3) is 0 Å². The summed E-state index contributed by atoms with van der Waals surface area (Å²) >= 11 is 3.33. The van der Waals surface area contributed by atoms with Crippen molar-refractivity contribution in [3.05, 3.63) is 28.0 Å². The molecule has 0 aromatic heterocycles. The van der Waals surface area contributed by atoms with Gasteiger partial charge in [0.05, 0.1) is 11.6 Å². The Kier molecular flexibility index (Phi) is 3.82. The van der Waals surface area contributed by atoms with Gasteiger partial charge in [0.15, 0.2) is 11.6 Å². The molecular weight excluding hydrogens is 275 g/mol. The number of rotatable bonds is 2. The number of methoxy groups -OCH3 is 1. The Labute approximate surface area is 103 Å². The van der Waals surface area contributed by atoms with E-state index in [0.717, 1.165) is 31.6 Å². The third kappa shape index (κ3) is 2.38. The molecule has 0 bridgehead atoms. The third-order valence-electron chi connectivity index (χ3n) is 2.92. The maximum atomic E-state index is 13.7. The average molecular weight is 289 g/mol. The van der Waals surface area contributed by atoms with Gasteiger partial charge in [-0.15, -0.1) is 0 Å². The molecule has 0 aliphatic carbocycles. The van der Waals surface area contributed by atoms with E-state index >= 15 is 0 Å². The Bertz CT molecular complexity index is 352. The molecule has 0 unspecified atom stereocenters. The zero-order chi connectivity index (χ0) is 11.5. The maximum Gasteiger partial charge on any atom is 0.168 e. The molecule has 0 spiro atoms. The van der Waals surface area contributed by atoms with E-state index in [0.29, 0.717) is 10.4 Å². The van der Waals surface area contributed by atoms with Crippen LogP contribution in [0.15, 0.2) is 16.6 Å². The molecule has 1 heterocycles. The van der Waals surface area contributed by atoms with Crippen molar-refractivity contribution in [1.82, 2.24) is 0 Å². The number of hydrogen-bond acceptors (Lipinski definition) is 2. The topological polar surface area (TPSA) is 18.5 Å².